The maximum atomic E-state index is 12.2. The molecule has 0 spiro atoms. The second kappa shape index (κ2) is 5.17. The number of aliphatic imine (C=N–C) groups is 1. The van der Waals surface area contributed by atoms with Gasteiger partial charge < -0.3 is 4.90 Å². The number of nitrogens with zero attached hydrogens (tertiary/aromatic N) is 3. The van der Waals surface area contributed by atoms with Crippen molar-refractivity contribution in [2.45, 2.75) is 19.3 Å². The van der Waals surface area contributed by atoms with Gasteiger partial charge in [-0.1, -0.05) is 17.8 Å². The SMILES string of the molecule is CSC(=Nc1ccc2c(c1)N(C)C(=O)C2(C)C)NC#N. The molecular weight excluding hydrogens is 272 g/mol. The summed E-state index contributed by atoms with van der Waals surface area (Å²) in [4.78, 5) is 18.2. The number of thioether (sulfide) groups is 1. The van der Waals surface area contributed by atoms with Gasteiger partial charge in [-0.2, -0.15) is 5.26 Å². The molecule has 0 aromatic heterocycles. The van der Waals surface area contributed by atoms with Gasteiger partial charge in [0, 0.05) is 12.7 Å². The quantitative estimate of drug-likeness (QED) is 0.373. The summed E-state index contributed by atoms with van der Waals surface area (Å²) in [5.74, 6) is 0.0777. The number of fused-ring (bicyclic) bond motifs is 1. The maximum Gasteiger partial charge on any atom is 0.236 e. The minimum absolute atomic E-state index is 0.0777. The summed E-state index contributed by atoms with van der Waals surface area (Å²) < 4.78 is 0. The third kappa shape index (κ3) is 2.25. The first-order valence-corrected chi connectivity index (χ1v) is 7.34. The van der Waals surface area contributed by atoms with E-state index in [1.807, 2.05) is 44.5 Å². The van der Waals surface area contributed by atoms with Gasteiger partial charge in [-0.15, -0.1) is 0 Å². The Bertz CT molecular complexity index is 631. The van der Waals surface area contributed by atoms with Crippen molar-refractivity contribution < 1.29 is 4.79 Å². The molecule has 0 fully saturated rings. The zero-order chi connectivity index (χ0) is 14.9. The number of amidine groups is 1. The van der Waals surface area contributed by atoms with E-state index in [0.29, 0.717) is 10.9 Å². The number of carbonyl (C=O) groups is 1. The zero-order valence-corrected chi connectivity index (χ0v) is 12.7. The molecule has 104 valence electrons. The van der Waals surface area contributed by atoms with Crippen LogP contribution in [-0.4, -0.2) is 24.4 Å². The van der Waals surface area contributed by atoms with Crippen LogP contribution in [0.2, 0.25) is 0 Å². The molecule has 0 saturated carbocycles. The van der Waals surface area contributed by atoms with Crippen LogP contribution in [0.15, 0.2) is 23.2 Å². The largest absolute Gasteiger partial charge is 0.314 e. The predicted octanol–water partition coefficient (Wildman–Crippen LogP) is 2.36. The van der Waals surface area contributed by atoms with E-state index in [-0.39, 0.29) is 5.91 Å². The molecule has 1 aliphatic rings. The molecular formula is C14H16N4OS. The standard InChI is InChI=1S/C14H16N4OS/c1-14(2)10-6-5-9(17-13(20-4)16-8-15)7-11(10)18(3)12(14)19/h5-7H,1-4H3,(H,16,17). The van der Waals surface area contributed by atoms with Gasteiger partial charge in [0.2, 0.25) is 5.91 Å². The van der Waals surface area contributed by atoms with Gasteiger partial charge in [-0.3, -0.25) is 10.1 Å². The number of amides is 1. The summed E-state index contributed by atoms with van der Waals surface area (Å²) >= 11 is 1.36. The topological polar surface area (TPSA) is 68.5 Å². The first-order chi connectivity index (χ1) is 9.41. The van der Waals surface area contributed by atoms with E-state index in [9.17, 15) is 4.79 Å². The second-order valence-electron chi connectivity index (χ2n) is 5.05. The molecule has 0 aliphatic carbocycles. The summed E-state index contributed by atoms with van der Waals surface area (Å²) in [5, 5.41) is 11.7. The number of likely N-dealkylation sites (N-methyl/N-ethyl adjacent to an activating group) is 1. The third-order valence-electron chi connectivity index (χ3n) is 3.44. The van der Waals surface area contributed by atoms with Crippen molar-refractivity contribution in [2.24, 2.45) is 4.99 Å². The van der Waals surface area contributed by atoms with E-state index >= 15 is 0 Å². The van der Waals surface area contributed by atoms with Crippen LogP contribution in [0.4, 0.5) is 11.4 Å². The Morgan fingerprint density at radius 1 is 1.50 bits per heavy atom. The van der Waals surface area contributed by atoms with Gasteiger partial charge in [0.15, 0.2) is 11.4 Å². The average molecular weight is 288 g/mol. The highest BCUT2D eigenvalue weighted by Crippen LogP contribution is 2.42. The Kier molecular flexibility index (Phi) is 3.73. The molecule has 2 rings (SSSR count). The van der Waals surface area contributed by atoms with Crippen molar-refractivity contribution in [1.29, 1.82) is 5.26 Å². The summed E-state index contributed by atoms with van der Waals surface area (Å²) in [6.07, 6.45) is 3.70. The molecule has 1 heterocycles. The highest BCUT2D eigenvalue weighted by Gasteiger charge is 2.42. The number of nitriles is 1. The van der Waals surface area contributed by atoms with Crippen LogP contribution >= 0.6 is 11.8 Å². The average Bonchev–Trinajstić information content (AvgIpc) is 2.60. The molecule has 0 atom stereocenters. The number of anilines is 1. The second-order valence-corrected chi connectivity index (χ2v) is 5.84. The van der Waals surface area contributed by atoms with Crippen molar-refractivity contribution >= 4 is 34.2 Å². The minimum Gasteiger partial charge on any atom is -0.314 e. The normalized spacial score (nSPS) is 16.9. The monoisotopic (exact) mass is 288 g/mol. The van der Waals surface area contributed by atoms with Crippen molar-refractivity contribution in [3.8, 4) is 6.19 Å². The zero-order valence-electron chi connectivity index (χ0n) is 11.9. The van der Waals surface area contributed by atoms with Crippen LogP contribution in [0, 0.1) is 11.5 Å². The molecule has 5 nitrogen and oxygen atoms in total. The highest BCUT2D eigenvalue weighted by atomic mass is 32.2. The molecule has 1 N–H and O–H groups in total. The van der Waals surface area contributed by atoms with Crippen LogP contribution in [0.5, 0.6) is 0 Å². The first-order valence-electron chi connectivity index (χ1n) is 6.12. The molecule has 1 amide bonds. The number of nitrogens with one attached hydrogen (secondary N) is 1. The minimum atomic E-state index is -0.500. The maximum absolute atomic E-state index is 12.2. The van der Waals surface area contributed by atoms with E-state index in [4.69, 9.17) is 5.26 Å². The van der Waals surface area contributed by atoms with E-state index in [1.54, 1.807) is 11.9 Å². The van der Waals surface area contributed by atoms with Crippen molar-refractivity contribution in [2.75, 3.05) is 18.2 Å². The van der Waals surface area contributed by atoms with E-state index < -0.39 is 5.41 Å². The summed E-state index contributed by atoms with van der Waals surface area (Å²) in [6.45, 7) is 3.84. The van der Waals surface area contributed by atoms with Crippen LogP contribution in [-0.2, 0) is 10.2 Å². The number of carbonyl (C=O) groups excluding carboxylic acids is 1. The number of rotatable bonds is 1. The lowest BCUT2D eigenvalue weighted by Crippen LogP contribution is -2.33. The van der Waals surface area contributed by atoms with Gasteiger partial charge in [-0.05, 0) is 37.8 Å². The fourth-order valence-corrected chi connectivity index (χ4v) is 2.67. The number of hydrogen-bond donors (Lipinski definition) is 1. The molecule has 1 aromatic carbocycles. The van der Waals surface area contributed by atoms with Gasteiger partial charge >= 0.3 is 0 Å². The summed E-state index contributed by atoms with van der Waals surface area (Å²) in [5.41, 5.74) is 2.09. The van der Waals surface area contributed by atoms with Crippen LogP contribution in [0.3, 0.4) is 0 Å². The Labute approximate surface area is 122 Å². The molecule has 6 heteroatoms. The molecule has 0 unspecified atom stereocenters. The fourth-order valence-electron chi connectivity index (χ4n) is 2.33. The Morgan fingerprint density at radius 2 is 2.20 bits per heavy atom. The Hall–Kier alpha value is -2.00. The van der Waals surface area contributed by atoms with Crippen LogP contribution in [0.1, 0.15) is 19.4 Å². The molecule has 0 bridgehead atoms. The smallest absolute Gasteiger partial charge is 0.236 e. The Morgan fingerprint density at radius 3 is 2.80 bits per heavy atom. The highest BCUT2D eigenvalue weighted by molar-refractivity contribution is 8.13. The van der Waals surface area contributed by atoms with E-state index in [1.165, 1.54) is 11.8 Å². The lowest BCUT2D eigenvalue weighted by atomic mass is 9.86. The molecule has 1 aliphatic heterocycles. The summed E-state index contributed by atoms with van der Waals surface area (Å²) in [7, 11) is 1.77. The lowest BCUT2D eigenvalue weighted by Gasteiger charge is -2.16. The number of hydrogen-bond acceptors (Lipinski definition) is 4. The van der Waals surface area contributed by atoms with Crippen LogP contribution < -0.4 is 10.2 Å². The summed E-state index contributed by atoms with van der Waals surface area (Å²) in [6, 6.07) is 5.67. The third-order valence-corrected chi connectivity index (χ3v) is 4.02. The van der Waals surface area contributed by atoms with Gasteiger partial charge in [0.05, 0.1) is 11.1 Å². The molecule has 20 heavy (non-hydrogen) atoms. The lowest BCUT2D eigenvalue weighted by molar-refractivity contribution is -0.121. The Balaban J connectivity index is 2.45. The number of benzene rings is 1. The van der Waals surface area contributed by atoms with E-state index in [0.717, 1.165) is 11.3 Å². The van der Waals surface area contributed by atoms with Crippen molar-refractivity contribution in [1.82, 2.24) is 5.32 Å². The van der Waals surface area contributed by atoms with Gasteiger partial charge in [-0.25, -0.2) is 4.99 Å². The molecule has 0 saturated heterocycles. The van der Waals surface area contributed by atoms with Gasteiger partial charge in [0.25, 0.3) is 0 Å². The molecule has 1 aromatic rings. The first kappa shape index (κ1) is 14.4. The van der Waals surface area contributed by atoms with E-state index in [2.05, 4.69) is 10.3 Å². The molecule has 0 radical (unpaired) electrons. The fraction of sp³-hybridized carbons (Fsp3) is 0.357. The van der Waals surface area contributed by atoms with Crippen molar-refractivity contribution in [3.05, 3.63) is 23.8 Å². The van der Waals surface area contributed by atoms with Crippen LogP contribution in [0.25, 0.3) is 0 Å². The van der Waals surface area contributed by atoms with Gasteiger partial charge in [0.1, 0.15) is 0 Å². The van der Waals surface area contributed by atoms with Crippen molar-refractivity contribution in [3.63, 3.8) is 0 Å². The predicted molar refractivity (Wildman–Crippen MR) is 82.2 cm³/mol.